The van der Waals surface area contributed by atoms with Crippen LogP contribution in [0.3, 0.4) is 0 Å². The van der Waals surface area contributed by atoms with E-state index in [1.807, 2.05) is 35.7 Å². The second-order valence-electron chi connectivity index (χ2n) is 7.15. The Hall–Kier alpha value is -1.81. The fraction of sp³-hybridized carbons (Fsp3) is 0.474. The summed E-state index contributed by atoms with van der Waals surface area (Å²) in [6.45, 7) is 2.27. The lowest BCUT2D eigenvalue weighted by atomic mass is 9.98. The van der Waals surface area contributed by atoms with Crippen LogP contribution in [0.25, 0.3) is 0 Å². The van der Waals surface area contributed by atoms with Crippen molar-refractivity contribution in [3.05, 3.63) is 52.5 Å². The quantitative estimate of drug-likeness (QED) is 0.674. The molecule has 2 atom stereocenters. The van der Waals surface area contributed by atoms with Gasteiger partial charge in [-0.3, -0.25) is 9.69 Å². The minimum Gasteiger partial charge on any atom is -0.342 e. The number of benzene rings is 1. The van der Waals surface area contributed by atoms with Gasteiger partial charge >= 0.3 is 0 Å². The van der Waals surface area contributed by atoms with Crippen molar-refractivity contribution in [3.8, 4) is 0 Å². The smallest absolute Gasteiger partial charge is 0.235 e. The molecule has 3 rings (SSSR count). The van der Waals surface area contributed by atoms with E-state index in [1.165, 1.54) is 17.6 Å². The average molecular weight is 423 g/mol. The molecular formula is C19H26N4O3S2. The van der Waals surface area contributed by atoms with Gasteiger partial charge in [-0.25, -0.2) is 18.1 Å². The Morgan fingerprint density at radius 3 is 2.82 bits per heavy atom. The predicted molar refractivity (Wildman–Crippen MR) is 111 cm³/mol. The molecule has 1 aromatic heterocycles. The maximum Gasteiger partial charge on any atom is 0.235 e. The van der Waals surface area contributed by atoms with Crippen LogP contribution in [0, 0.1) is 5.92 Å². The molecule has 152 valence electrons. The van der Waals surface area contributed by atoms with E-state index in [0.29, 0.717) is 19.6 Å². The summed E-state index contributed by atoms with van der Waals surface area (Å²) in [5, 5.41) is 5.87. The van der Waals surface area contributed by atoms with Crippen molar-refractivity contribution in [2.24, 2.45) is 5.92 Å². The summed E-state index contributed by atoms with van der Waals surface area (Å²) >= 11 is 1.52. The molecule has 7 nitrogen and oxygen atoms in total. The SMILES string of the molecule is CS(=O)(=O)NCC1CCCN(CC(=O)NC(c2ccccc2)c2nccs2)C1. The summed E-state index contributed by atoms with van der Waals surface area (Å²) in [7, 11) is -3.19. The van der Waals surface area contributed by atoms with Gasteiger partial charge in [0.25, 0.3) is 0 Å². The highest BCUT2D eigenvalue weighted by Crippen LogP contribution is 2.24. The summed E-state index contributed by atoms with van der Waals surface area (Å²) in [5.74, 6) is 0.168. The Morgan fingerprint density at radius 2 is 2.14 bits per heavy atom. The van der Waals surface area contributed by atoms with E-state index in [2.05, 4.69) is 19.9 Å². The number of hydrogen-bond donors (Lipinski definition) is 2. The number of aromatic nitrogens is 1. The van der Waals surface area contributed by atoms with Crippen molar-refractivity contribution in [1.29, 1.82) is 0 Å². The number of carbonyl (C=O) groups excluding carboxylic acids is 1. The fourth-order valence-electron chi connectivity index (χ4n) is 3.45. The van der Waals surface area contributed by atoms with Crippen LogP contribution in [0.4, 0.5) is 0 Å². The van der Waals surface area contributed by atoms with Crippen molar-refractivity contribution in [3.63, 3.8) is 0 Å². The summed E-state index contributed by atoms with van der Waals surface area (Å²) in [5.41, 5.74) is 1.000. The third-order valence-electron chi connectivity index (χ3n) is 4.74. The zero-order chi connectivity index (χ0) is 20.0. The Bertz CT molecular complexity index is 857. The molecule has 0 saturated carbocycles. The highest BCUT2D eigenvalue weighted by molar-refractivity contribution is 7.88. The topological polar surface area (TPSA) is 91.4 Å². The van der Waals surface area contributed by atoms with Crippen molar-refractivity contribution in [2.45, 2.75) is 18.9 Å². The number of carbonyl (C=O) groups is 1. The first-order valence-corrected chi connectivity index (χ1v) is 12.1. The molecule has 2 aromatic rings. The molecule has 1 amide bonds. The number of nitrogens with zero attached hydrogens (tertiary/aromatic N) is 2. The molecule has 1 aliphatic heterocycles. The highest BCUT2D eigenvalue weighted by atomic mass is 32.2. The van der Waals surface area contributed by atoms with Crippen LogP contribution in [0.1, 0.15) is 29.5 Å². The zero-order valence-corrected chi connectivity index (χ0v) is 17.5. The monoisotopic (exact) mass is 422 g/mol. The number of rotatable bonds is 8. The van der Waals surface area contributed by atoms with Crippen molar-refractivity contribution in [2.75, 3.05) is 32.4 Å². The van der Waals surface area contributed by atoms with Gasteiger partial charge in [0, 0.05) is 24.7 Å². The molecule has 0 aliphatic carbocycles. The van der Waals surface area contributed by atoms with Gasteiger partial charge in [0.05, 0.1) is 12.8 Å². The molecule has 2 N–H and O–H groups in total. The normalized spacial score (nSPS) is 19.2. The standard InChI is InChI=1S/C19H26N4O3S2/c1-28(25,26)21-12-15-6-5-10-23(13-15)14-17(24)22-18(19-20-9-11-27-19)16-7-3-2-4-8-16/h2-4,7-9,11,15,18,21H,5-6,10,12-14H2,1H3,(H,22,24). The van der Waals surface area contributed by atoms with Gasteiger partial charge in [0.2, 0.25) is 15.9 Å². The van der Waals surface area contributed by atoms with Gasteiger partial charge in [-0.2, -0.15) is 0 Å². The van der Waals surface area contributed by atoms with Gasteiger partial charge < -0.3 is 5.32 Å². The third kappa shape index (κ3) is 6.37. The van der Waals surface area contributed by atoms with Crippen LogP contribution in [-0.2, 0) is 14.8 Å². The Morgan fingerprint density at radius 1 is 1.36 bits per heavy atom. The predicted octanol–water partition coefficient (Wildman–Crippen LogP) is 1.61. The number of thiazole rings is 1. The lowest BCUT2D eigenvalue weighted by Crippen LogP contribution is -2.45. The number of sulfonamides is 1. The molecule has 0 bridgehead atoms. The van der Waals surface area contributed by atoms with Gasteiger partial charge in [0.1, 0.15) is 11.0 Å². The van der Waals surface area contributed by atoms with Crippen molar-refractivity contribution in [1.82, 2.24) is 19.9 Å². The summed E-state index contributed by atoms with van der Waals surface area (Å²) < 4.78 is 25.2. The third-order valence-corrected chi connectivity index (χ3v) is 6.27. The minimum atomic E-state index is -3.19. The van der Waals surface area contributed by atoms with Crippen LogP contribution in [-0.4, -0.2) is 56.6 Å². The van der Waals surface area contributed by atoms with Gasteiger partial charge in [-0.1, -0.05) is 30.3 Å². The molecule has 28 heavy (non-hydrogen) atoms. The van der Waals surface area contributed by atoms with Crippen molar-refractivity contribution < 1.29 is 13.2 Å². The van der Waals surface area contributed by atoms with E-state index in [9.17, 15) is 13.2 Å². The molecule has 1 aliphatic rings. The zero-order valence-electron chi connectivity index (χ0n) is 15.9. The average Bonchev–Trinajstić information content (AvgIpc) is 3.19. The van der Waals surface area contributed by atoms with E-state index in [0.717, 1.165) is 30.0 Å². The largest absolute Gasteiger partial charge is 0.342 e. The Kier molecular flexibility index (Phi) is 7.17. The second-order valence-corrected chi connectivity index (χ2v) is 9.90. The first kappa shape index (κ1) is 20.9. The summed E-state index contributed by atoms with van der Waals surface area (Å²) in [6.07, 6.45) is 4.83. The van der Waals surface area contributed by atoms with E-state index in [-0.39, 0.29) is 17.9 Å². The van der Waals surface area contributed by atoms with Gasteiger partial charge in [-0.15, -0.1) is 11.3 Å². The number of piperidine rings is 1. The maximum atomic E-state index is 12.7. The molecule has 1 fully saturated rings. The molecule has 0 radical (unpaired) electrons. The van der Waals surface area contributed by atoms with Gasteiger partial charge in [-0.05, 0) is 30.9 Å². The molecule has 2 heterocycles. The summed E-state index contributed by atoms with van der Waals surface area (Å²) in [6, 6.07) is 9.56. The lowest BCUT2D eigenvalue weighted by molar-refractivity contribution is -0.123. The first-order valence-electron chi connectivity index (χ1n) is 9.31. The number of nitrogens with one attached hydrogen (secondary N) is 2. The van der Waals surface area contributed by atoms with Gasteiger partial charge in [0.15, 0.2) is 0 Å². The minimum absolute atomic E-state index is 0.0548. The molecule has 0 spiro atoms. The van der Waals surface area contributed by atoms with Crippen LogP contribution in [0.2, 0.25) is 0 Å². The van der Waals surface area contributed by atoms with Crippen molar-refractivity contribution >= 4 is 27.3 Å². The van der Waals surface area contributed by atoms with Crippen LogP contribution >= 0.6 is 11.3 Å². The highest BCUT2D eigenvalue weighted by Gasteiger charge is 2.24. The molecule has 2 unspecified atom stereocenters. The van der Waals surface area contributed by atoms with Crippen LogP contribution < -0.4 is 10.0 Å². The van der Waals surface area contributed by atoms with E-state index in [1.54, 1.807) is 6.20 Å². The Labute approximate surface area is 170 Å². The van der Waals surface area contributed by atoms with E-state index < -0.39 is 10.0 Å². The molecule has 1 aromatic carbocycles. The molecule has 1 saturated heterocycles. The fourth-order valence-corrected chi connectivity index (χ4v) is 4.70. The number of likely N-dealkylation sites (tertiary alicyclic amines) is 1. The maximum absolute atomic E-state index is 12.7. The van der Waals surface area contributed by atoms with Crippen LogP contribution in [0.5, 0.6) is 0 Å². The summed E-state index contributed by atoms with van der Waals surface area (Å²) in [4.78, 5) is 19.2. The van der Waals surface area contributed by atoms with E-state index in [4.69, 9.17) is 0 Å². The van der Waals surface area contributed by atoms with Crippen LogP contribution in [0.15, 0.2) is 41.9 Å². The molecule has 9 heteroatoms. The second kappa shape index (κ2) is 9.60. The number of hydrogen-bond acceptors (Lipinski definition) is 6. The first-order chi connectivity index (χ1) is 13.4. The molecular weight excluding hydrogens is 396 g/mol. The number of amides is 1. The van der Waals surface area contributed by atoms with E-state index >= 15 is 0 Å². The lowest BCUT2D eigenvalue weighted by Gasteiger charge is -2.32. The Balaban J connectivity index is 1.58.